The SMILES string of the molecule is CCc1nn(C)cc1C(=O)N(CC)C1CCNC1. The summed E-state index contributed by atoms with van der Waals surface area (Å²) in [7, 11) is 1.86. The topological polar surface area (TPSA) is 50.2 Å². The van der Waals surface area contributed by atoms with E-state index in [9.17, 15) is 4.79 Å². The summed E-state index contributed by atoms with van der Waals surface area (Å²) >= 11 is 0. The van der Waals surface area contributed by atoms with E-state index in [2.05, 4.69) is 10.4 Å². The molecule has 1 amide bonds. The molecule has 1 N–H and O–H groups in total. The van der Waals surface area contributed by atoms with Gasteiger partial charge in [0.15, 0.2) is 0 Å². The van der Waals surface area contributed by atoms with Crippen LogP contribution in [0.1, 0.15) is 36.3 Å². The lowest BCUT2D eigenvalue weighted by Crippen LogP contribution is -2.41. The van der Waals surface area contributed by atoms with Gasteiger partial charge >= 0.3 is 0 Å². The first-order chi connectivity index (χ1) is 8.67. The summed E-state index contributed by atoms with van der Waals surface area (Å²) in [4.78, 5) is 14.6. The van der Waals surface area contributed by atoms with E-state index in [1.807, 2.05) is 32.0 Å². The Morgan fingerprint density at radius 1 is 1.61 bits per heavy atom. The Labute approximate surface area is 108 Å². The second-order valence-electron chi connectivity index (χ2n) is 4.75. The molecule has 0 bridgehead atoms. The van der Waals surface area contributed by atoms with Crippen LogP contribution in [0.2, 0.25) is 0 Å². The van der Waals surface area contributed by atoms with Gasteiger partial charge < -0.3 is 10.2 Å². The van der Waals surface area contributed by atoms with Crippen LogP contribution >= 0.6 is 0 Å². The second kappa shape index (κ2) is 5.52. The quantitative estimate of drug-likeness (QED) is 0.860. The lowest BCUT2D eigenvalue weighted by Gasteiger charge is -2.27. The van der Waals surface area contributed by atoms with E-state index in [-0.39, 0.29) is 5.91 Å². The zero-order valence-electron chi connectivity index (χ0n) is 11.4. The first-order valence-electron chi connectivity index (χ1n) is 6.71. The summed E-state index contributed by atoms with van der Waals surface area (Å²) in [5.41, 5.74) is 1.65. The molecule has 1 fully saturated rings. The van der Waals surface area contributed by atoms with E-state index in [4.69, 9.17) is 0 Å². The number of hydrogen-bond acceptors (Lipinski definition) is 3. The fraction of sp³-hybridized carbons (Fsp3) is 0.692. The van der Waals surface area contributed by atoms with Crippen molar-refractivity contribution in [3.05, 3.63) is 17.5 Å². The summed E-state index contributed by atoms with van der Waals surface area (Å²) in [6.07, 6.45) is 3.68. The van der Waals surface area contributed by atoms with Crippen molar-refractivity contribution in [1.82, 2.24) is 20.0 Å². The van der Waals surface area contributed by atoms with Gasteiger partial charge in [0, 0.05) is 32.4 Å². The molecule has 0 aromatic carbocycles. The number of hydrogen-bond donors (Lipinski definition) is 1. The zero-order valence-corrected chi connectivity index (χ0v) is 11.4. The summed E-state index contributed by atoms with van der Waals surface area (Å²) in [6, 6.07) is 0.326. The minimum atomic E-state index is 0.121. The number of aromatic nitrogens is 2. The van der Waals surface area contributed by atoms with Crippen LogP contribution in [0.3, 0.4) is 0 Å². The highest BCUT2D eigenvalue weighted by atomic mass is 16.2. The van der Waals surface area contributed by atoms with Crippen molar-refractivity contribution >= 4 is 5.91 Å². The lowest BCUT2D eigenvalue weighted by atomic mass is 10.1. The monoisotopic (exact) mass is 250 g/mol. The van der Waals surface area contributed by atoms with Crippen molar-refractivity contribution in [2.75, 3.05) is 19.6 Å². The Hall–Kier alpha value is -1.36. The van der Waals surface area contributed by atoms with Crippen molar-refractivity contribution < 1.29 is 4.79 Å². The number of rotatable bonds is 4. The van der Waals surface area contributed by atoms with E-state index in [0.29, 0.717) is 6.04 Å². The van der Waals surface area contributed by atoms with Crippen LogP contribution in [0.25, 0.3) is 0 Å². The summed E-state index contributed by atoms with van der Waals surface area (Å²) in [5, 5.41) is 7.66. The minimum absolute atomic E-state index is 0.121. The van der Waals surface area contributed by atoms with Gasteiger partial charge in [0.05, 0.1) is 11.3 Å². The molecule has 2 rings (SSSR count). The third kappa shape index (κ3) is 2.41. The molecule has 100 valence electrons. The molecule has 1 atom stereocenters. The van der Waals surface area contributed by atoms with Crippen molar-refractivity contribution in [2.45, 2.75) is 32.7 Å². The van der Waals surface area contributed by atoms with Crippen LogP contribution in [0.4, 0.5) is 0 Å². The van der Waals surface area contributed by atoms with E-state index in [1.54, 1.807) is 4.68 Å². The predicted octanol–water partition coefficient (Wildman–Crippen LogP) is 0.806. The van der Waals surface area contributed by atoms with Crippen molar-refractivity contribution in [1.29, 1.82) is 0 Å². The fourth-order valence-electron chi connectivity index (χ4n) is 2.60. The number of carbonyl (C=O) groups is 1. The average Bonchev–Trinajstić information content (AvgIpc) is 2.99. The molecule has 5 nitrogen and oxygen atoms in total. The standard InChI is InChI=1S/C13H22N4O/c1-4-12-11(9-16(3)15-12)13(18)17(5-2)10-6-7-14-8-10/h9-10,14H,4-8H2,1-3H3. The Morgan fingerprint density at radius 3 is 2.94 bits per heavy atom. The number of amides is 1. The van der Waals surface area contributed by atoms with E-state index in [1.165, 1.54) is 0 Å². The molecular formula is C13H22N4O. The van der Waals surface area contributed by atoms with Crippen molar-refractivity contribution in [3.8, 4) is 0 Å². The first kappa shape index (κ1) is 13.1. The molecule has 2 heterocycles. The lowest BCUT2D eigenvalue weighted by molar-refractivity contribution is 0.0702. The normalized spacial score (nSPS) is 19.2. The molecule has 1 unspecified atom stereocenters. The molecule has 1 aliphatic rings. The van der Waals surface area contributed by atoms with Gasteiger partial charge in [-0.3, -0.25) is 9.48 Å². The van der Waals surface area contributed by atoms with Crippen LogP contribution in [0, 0.1) is 0 Å². The molecule has 1 aromatic rings. The van der Waals surface area contributed by atoms with Gasteiger partial charge in [0.25, 0.3) is 5.91 Å². The van der Waals surface area contributed by atoms with Gasteiger partial charge in [-0.1, -0.05) is 6.92 Å². The number of nitrogens with zero attached hydrogens (tertiary/aromatic N) is 3. The van der Waals surface area contributed by atoms with E-state index >= 15 is 0 Å². The molecule has 1 saturated heterocycles. The predicted molar refractivity (Wildman–Crippen MR) is 70.6 cm³/mol. The smallest absolute Gasteiger partial charge is 0.257 e. The number of aryl methyl sites for hydroxylation is 2. The Bertz CT molecular complexity index is 421. The van der Waals surface area contributed by atoms with Crippen molar-refractivity contribution in [3.63, 3.8) is 0 Å². The van der Waals surface area contributed by atoms with Crippen LogP contribution in [-0.4, -0.2) is 46.3 Å². The maximum atomic E-state index is 12.6. The zero-order chi connectivity index (χ0) is 13.1. The summed E-state index contributed by atoms with van der Waals surface area (Å²) in [5.74, 6) is 0.121. The van der Waals surface area contributed by atoms with Gasteiger partial charge in [0.2, 0.25) is 0 Å². The van der Waals surface area contributed by atoms with Gasteiger partial charge in [-0.05, 0) is 26.3 Å². The molecule has 1 aromatic heterocycles. The molecule has 0 radical (unpaired) electrons. The number of carbonyl (C=O) groups excluding carboxylic acids is 1. The maximum Gasteiger partial charge on any atom is 0.257 e. The van der Waals surface area contributed by atoms with E-state index in [0.717, 1.165) is 43.7 Å². The average molecular weight is 250 g/mol. The van der Waals surface area contributed by atoms with Crippen LogP contribution in [0.5, 0.6) is 0 Å². The van der Waals surface area contributed by atoms with Gasteiger partial charge in [-0.2, -0.15) is 5.10 Å². The largest absolute Gasteiger partial charge is 0.335 e. The van der Waals surface area contributed by atoms with Gasteiger partial charge in [-0.25, -0.2) is 0 Å². The highest BCUT2D eigenvalue weighted by molar-refractivity contribution is 5.95. The number of nitrogens with one attached hydrogen (secondary N) is 1. The molecule has 5 heteroatoms. The van der Waals surface area contributed by atoms with Gasteiger partial charge in [-0.15, -0.1) is 0 Å². The molecule has 0 aliphatic carbocycles. The molecule has 0 saturated carbocycles. The molecule has 18 heavy (non-hydrogen) atoms. The Kier molecular flexibility index (Phi) is 4.01. The van der Waals surface area contributed by atoms with Crippen LogP contribution in [0.15, 0.2) is 6.20 Å². The van der Waals surface area contributed by atoms with Crippen molar-refractivity contribution in [2.24, 2.45) is 7.05 Å². The molecule has 1 aliphatic heterocycles. The van der Waals surface area contributed by atoms with Crippen LogP contribution in [-0.2, 0) is 13.5 Å². The fourth-order valence-corrected chi connectivity index (χ4v) is 2.60. The molecular weight excluding hydrogens is 228 g/mol. The van der Waals surface area contributed by atoms with Crippen LogP contribution < -0.4 is 5.32 Å². The minimum Gasteiger partial charge on any atom is -0.335 e. The second-order valence-corrected chi connectivity index (χ2v) is 4.75. The highest BCUT2D eigenvalue weighted by Gasteiger charge is 2.28. The number of likely N-dealkylation sites (N-methyl/N-ethyl adjacent to an activating group) is 1. The van der Waals surface area contributed by atoms with E-state index < -0.39 is 0 Å². The summed E-state index contributed by atoms with van der Waals surface area (Å²) in [6.45, 7) is 6.73. The Balaban J connectivity index is 2.22. The van der Waals surface area contributed by atoms with Gasteiger partial charge in [0.1, 0.15) is 0 Å². The maximum absolute atomic E-state index is 12.6. The third-order valence-corrected chi connectivity index (χ3v) is 3.55. The highest BCUT2D eigenvalue weighted by Crippen LogP contribution is 2.16. The molecule has 0 spiro atoms. The Morgan fingerprint density at radius 2 is 2.39 bits per heavy atom. The third-order valence-electron chi connectivity index (χ3n) is 3.55. The first-order valence-corrected chi connectivity index (χ1v) is 6.71. The summed E-state index contributed by atoms with van der Waals surface area (Å²) < 4.78 is 1.73.